The van der Waals surface area contributed by atoms with Crippen molar-refractivity contribution in [1.29, 1.82) is 0 Å². The molecule has 0 aliphatic heterocycles. The van der Waals surface area contributed by atoms with Gasteiger partial charge in [-0.3, -0.25) is 4.79 Å². The molecule has 1 aromatic rings. The first-order chi connectivity index (χ1) is 10.7. The highest BCUT2D eigenvalue weighted by Crippen LogP contribution is 2.45. The summed E-state index contributed by atoms with van der Waals surface area (Å²) in [4.78, 5) is 12.0. The van der Waals surface area contributed by atoms with Gasteiger partial charge in [0.1, 0.15) is 0 Å². The van der Waals surface area contributed by atoms with E-state index in [1.54, 1.807) is 6.07 Å². The van der Waals surface area contributed by atoms with Gasteiger partial charge in [0.25, 0.3) is 0 Å². The molecule has 0 aromatic heterocycles. The lowest BCUT2D eigenvalue weighted by atomic mass is 9.64. The van der Waals surface area contributed by atoms with Crippen LogP contribution in [0.4, 0.5) is 0 Å². The Labute approximate surface area is 137 Å². The molecule has 0 radical (unpaired) electrons. The molecule has 128 valence electrons. The van der Waals surface area contributed by atoms with E-state index in [1.165, 1.54) is 12.1 Å². The molecule has 3 N–H and O–H groups in total. The van der Waals surface area contributed by atoms with Gasteiger partial charge in [0, 0.05) is 12.6 Å². The monoisotopic (exact) mass is 321 g/mol. The summed E-state index contributed by atoms with van der Waals surface area (Å²) in [6.45, 7) is 8.63. The molecule has 0 amide bonds. The van der Waals surface area contributed by atoms with E-state index >= 15 is 0 Å². The van der Waals surface area contributed by atoms with Gasteiger partial charge in [0.15, 0.2) is 11.5 Å². The number of esters is 1. The number of hydrogen-bond acceptors (Lipinski definition) is 5. The van der Waals surface area contributed by atoms with E-state index in [-0.39, 0.29) is 34.8 Å². The topological polar surface area (TPSA) is 78.8 Å². The Kier molecular flexibility index (Phi) is 5.32. The quantitative estimate of drug-likeness (QED) is 0.555. The van der Waals surface area contributed by atoms with E-state index in [4.69, 9.17) is 4.74 Å². The second-order valence-electron chi connectivity index (χ2n) is 7.50. The Morgan fingerprint density at radius 3 is 2.57 bits per heavy atom. The number of carbonyl (C=O) groups is 1. The lowest BCUT2D eigenvalue weighted by molar-refractivity contribution is -0.146. The molecule has 5 heteroatoms. The lowest BCUT2D eigenvalue weighted by Gasteiger charge is -2.40. The van der Waals surface area contributed by atoms with Crippen LogP contribution in [0.1, 0.15) is 52.2 Å². The fourth-order valence-electron chi connectivity index (χ4n) is 2.93. The maximum absolute atomic E-state index is 12.0. The van der Waals surface area contributed by atoms with Crippen LogP contribution in [0.15, 0.2) is 18.2 Å². The number of benzene rings is 1. The minimum atomic E-state index is -0.722. The third-order valence-corrected chi connectivity index (χ3v) is 4.23. The van der Waals surface area contributed by atoms with Gasteiger partial charge in [-0.1, -0.05) is 33.8 Å². The number of carbonyl (C=O) groups excluding carboxylic acids is 1. The molecule has 5 nitrogen and oxygen atoms in total. The van der Waals surface area contributed by atoms with Crippen molar-refractivity contribution in [3.8, 4) is 11.5 Å². The van der Waals surface area contributed by atoms with Crippen LogP contribution in [0.3, 0.4) is 0 Å². The van der Waals surface area contributed by atoms with Gasteiger partial charge in [-0.2, -0.15) is 0 Å². The number of ether oxygens (including phenoxy) is 1. The molecule has 0 saturated heterocycles. The number of aromatic hydroxyl groups is 1. The first-order valence-electron chi connectivity index (χ1n) is 8.14. The van der Waals surface area contributed by atoms with Crippen LogP contribution in [0.5, 0.6) is 11.5 Å². The van der Waals surface area contributed by atoms with Crippen LogP contribution in [0.25, 0.3) is 0 Å². The van der Waals surface area contributed by atoms with Crippen molar-refractivity contribution in [3.05, 3.63) is 23.8 Å². The maximum atomic E-state index is 12.0. The number of aliphatic hydroxyl groups is 1. The smallest absolute Gasteiger partial charge is 0.314 e. The van der Waals surface area contributed by atoms with Crippen LogP contribution in [0.2, 0.25) is 0 Å². The van der Waals surface area contributed by atoms with Gasteiger partial charge < -0.3 is 20.3 Å². The van der Waals surface area contributed by atoms with E-state index in [9.17, 15) is 15.0 Å². The van der Waals surface area contributed by atoms with E-state index in [0.717, 1.165) is 12.8 Å². The van der Waals surface area contributed by atoms with Crippen molar-refractivity contribution in [2.75, 3.05) is 6.54 Å². The Hall–Kier alpha value is -1.59. The van der Waals surface area contributed by atoms with E-state index < -0.39 is 6.10 Å². The molecule has 1 aliphatic rings. The van der Waals surface area contributed by atoms with Gasteiger partial charge in [-0.15, -0.1) is 0 Å². The zero-order valence-corrected chi connectivity index (χ0v) is 14.3. The predicted octanol–water partition coefficient (Wildman–Crippen LogP) is 2.77. The molecule has 2 rings (SSSR count). The Morgan fingerprint density at radius 1 is 1.39 bits per heavy atom. The summed E-state index contributed by atoms with van der Waals surface area (Å²) >= 11 is 0. The van der Waals surface area contributed by atoms with Crippen molar-refractivity contribution >= 4 is 5.97 Å². The lowest BCUT2D eigenvalue weighted by Crippen LogP contribution is -2.38. The molecule has 23 heavy (non-hydrogen) atoms. The van der Waals surface area contributed by atoms with Gasteiger partial charge in [0.05, 0.1) is 12.0 Å². The summed E-state index contributed by atoms with van der Waals surface area (Å²) < 4.78 is 5.29. The maximum Gasteiger partial charge on any atom is 0.314 e. The third-order valence-electron chi connectivity index (χ3n) is 4.23. The fraction of sp³-hybridized carbons (Fsp3) is 0.611. The minimum Gasteiger partial charge on any atom is -0.504 e. The molecule has 0 spiro atoms. The van der Waals surface area contributed by atoms with Crippen molar-refractivity contribution in [1.82, 2.24) is 5.32 Å². The molecule has 1 unspecified atom stereocenters. The molecule has 0 bridgehead atoms. The van der Waals surface area contributed by atoms with Gasteiger partial charge in [-0.05, 0) is 36.0 Å². The van der Waals surface area contributed by atoms with Crippen LogP contribution < -0.4 is 10.1 Å². The molecule has 1 atom stereocenters. The second-order valence-corrected chi connectivity index (χ2v) is 7.50. The van der Waals surface area contributed by atoms with Crippen LogP contribution in [0, 0.1) is 11.3 Å². The molecular weight excluding hydrogens is 294 g/mol. The molecule has 0 heterocycles. The van der Waals surface area contributed by atoms with E-state index in [0.29, 0.717) is 12.1 Å². The normalized spacial score (nSPS) is 18.5. The molecule has 1 aliphatic carbocycles. The van der Waals surface area contributed by atoms with Gasteiger partial charge in [0.2, 0.25) is 0 Å². The van der Waals surface area contributed by atoms with Crippen molar-refractivity contribution in [2.24, 2.45) is 11.3 Å². The SMILES string of the molecule is CC(C)NCC(O)c1ccc(OC(=O)C2CC(C)(C)C2)c(O)c1. The highest BCUT2D eigenvalue weighted by atomic mass is 16.5. The average Bonchev–Trinajstić information content (AvgIpc) is 2.44. The number of phenolic OH excluding ortho intramolecular Hbond substituents is 1. The Bertz CT molecular complexity index is 560. The zero-order valence-electron chi connectivity index (χ0n) is 14.3. The largest absolute Gasteiger partial charge is 0.504 e. The molecular formula is C18H27NO4. The Balaban J connectivity index is 1.95. The fourth-order valence-corrected chi connectivity index (χ4v) is 2.93. The molecule has 1 fully saturated rings. The predicted molar refractivity (Wildman–Crippen MR) is 88.3 cm³/mol. The number of aliphatic hydroxyl groups excluding tert-OH is 1. The van der Waals surface area contributed by atoms with Crippen LogP contribution in [-0.4, -0.2) is 28.8 Å². The van der Waals surface area contributed by atoms with Crippen molar-refractivity contribution < 1.29 is 19.7 Å². The average molecular weight is 321 g/mol. The summed E-state index contributed by atoms with van der Waals surface area (Å²) in [6, 6.07) is 4.91. The first kappa shape index (κ1) is 17.8. The number of phenols is 1. The Morgan fingerprint density at radius 2 is 2.04 bits per heavy atom. The first-order valence-corrected chi connectivity index (χ1v) is 8.14. The summed E-state index contributed by atoms with van der Waals surface area (Å²) in [5.41, 5.74) is 0.781. The van der Waals surface area contributed by atoms with Gasteiger partial charge in [-0.25, -0.2) is 0 Å². The van der Waals surface area contributed by atoms with E-state index in [2.05, 4.69) is 19.2 Å². The third kappa shape index (κ3) is 4.69. The van der Waals surface area contributed by atoms with Crippen LogP contribution >= 0.6 is 0 Å². The highest BCUT2D eigenvalue weighted by Gasteiger charge is 2.41. The molecule has 1 aromatic carbocycles. The highest BCUT2D eigenvalue weighted by molar-refractivity contribution is 5.77. The minimum absolute atomic E-state index is 0.0927. The van der Waals surface area contributed by atoms with Crippen molar-refractivity contribution in [2.45, 2.75) is 52.7 Å². The van der Waals surface area contributed by atoms with E-state index in [1.807, 2.05) is 13.8 Å². The molecule has 1 saturated carbocycles. The standard InChI is InChI=1S/C18H27NO4/c1-11(2)19-10-15(21)12-5-6-16(14(20)7-12)23-17(22)13-8-18(3,4)9-13/h5-7,11,13,15,19-21H,8-10H2,1-4H3. The summed E-state index contributed by atoms with van der Waals surface area (Å²) in [5.74, 6) is -0.371. The zero-order chi connectivity index (χ0) is 17.2. The summed E-state index contributed by atoms with van der Waals surface area (Å²) in [7, 11) is 0. The van der Waals surface area contributed by atoms with Crippen LogP contribution in [-0.2, 0) is 4.79 Å². The van der Waals surface area contributed by atoms with Crippen molar-refractivity contribution in [3.63, 3.8) is 0 Å². The number of rotatable bonds is 6. The number of hydrogen-bond donors (Lipinski definition) is 3. The summed E-state index contributed by atoms with van der Waals surface area (Å²) in [5, 5.41) is 23.2. The second kappa shape index (κ2) is 6.89. The van der Waals surface area contributed by atoms with Gasteiger partial charge >= 0.3 is 5.97 Å². The number of nitrogens with one attached hydrogen (secondary N) is 1. The summed E-state index contributed by atoms with van der Waals surface area (Å²) in [6.07, 6.45) is 0.898.